The molecule has 0 aromatic carbocycles. The lowest BCUT2D eigenvalue weighted by Gasteiger charge is -2.16. The lowest BCUT2D eigenvalue weighted by Crippen LogP contribution is -2.35. The first kappa shape index (κ1) is 14.8. The molecule has 3 fully saturated rings. The quantitative estimate of drug-likeness (QED) is 0.454. The molecule has 4 rings (SSSR count). The van der Waals surface area contributed by atoms with Gasteiger partial charge in [0.25, 0.3) is 0 Å². The minimum atomic E-state index is -0.0996. The Morgan fingerprint density at radius 2 is 1.70 bits per heavy atom. The molecule has 0 N–H and O–H groups in total. The first-order chi connectivity index (χ1) is 11.3. The Hall–Kier alpha value is -1.74. The van der Waals surface area contributed by atoms with Gasteiger partial charge >= 0.3 is 0 Å². The number of likely N-dealkylation sites (tertiary alicyclic amines) is 1. The number of nitrogens with zero attached hydrogens (tertiary/aromatic N) is 3. The second kappa shape index (κ2) is 6.04. The molecule has 0 aromatic rings. The summed E-state index contributed by atoms with van der Waals surface area (Å²) in [4.78, 5) is 34.9. The van der Waals surface area contributed by atoms with Crippen molar-refractivity contribution in [3.8, 4) is 0 Å². The molecule has 1 heterocycles. The summed E-state index contributed by atoms with van der Waals surface area (Å²) >= 11 is 0. The molecule has 3 aliphatic carbocycles. The van der Waals surface area contributed by atoms with Crippen LogP contribution >= 0.6 is 0 Å². The molecule has 1 saturated heterocycles. The normalized spacial score (nSPS) is 35.6. The summed E-state index contributed by atoms with van der Waals surface area (Å²) in [5.41, 5.74) is 0. The number of imide groups is 1. The molecule has 0 radical (unpaired) electrons. The number of fused-ring (bicyclic) bond motifs is 5. The third-order valence-electron chi connectivity index (χ3n) is 5.88. The molecule has 0 aromatic heterocycles. The number of carbonyl (C=O) groups is 2. The fourth-order valence-electron chi connectivity index (χ4n) is 4.72. The van der Waals surface area contributed by atoms with Crippen LogP contribution in [0.15, 0.2) is 22.1 Å². The van der Waals surface area contributed by atoms with Crippen LogP contribution in [0.4, 0.5) is 0 Å². The van der Waals surface area contributed by atoms with E-state index in [2.05, 4.69) is 28.1 Å². The topological polar surface area (TPSA) is 62.1 Å². The van der Waals surface area contributed by atoms with Crippen molar-refractivity contribution in [2.75, 3.05) is 13.1 Å². The standard InChI is InChI=1S/C18H23N3O2/c22-17-15-12-6-7-13(10-12)16(15)18(23)21(17)9-8-19-11-20-14-4-2-1-3-5-14/h6-7,12-16H,1-5,8-10H2/t12-,13?,15?,16?/m1/s1. The highest BCUT2D eigenvalue weighted by Gasteiger charge is 2.58. The molecule has 23 heavy (non-hydrogen) atoms. The number of rotatable bonds is 4. The van der Waals surface area contributed by atoms with Crippen molar-refractivity contribution < 1.29 is 9.59 Å². The van der Waals surface area contributed by atoms with E-state index in [0.717, 1.165) is 19.3 Å². The molecular weight excluding hydrogens is 290 g/mol. The van der Waals surface area contributed by atoms with Crippen LogP contribution in [0.2, 0.25) is 0 Å². The van der Waals surface area contributed by atoms with Gasteiger partial charge in [-0.05, 0) is 31.1 Å². The number of allylic oxidation sites excluding steroid dienone is 2. The average molecular weight is 313 g/mol. The fraction of sp³-hybridized carbons (Fsp3) is 0.722. The third kappa shape index (κ3) is 2.57. The Balaban J connectivity index is 1.32. The second-order valence-corrected chi connectivity index (χ2v) is 7.23. The van der Waals surface area contributed by atoms with E-state index >= 15 is 0 Å². The van der Waals surface area contributed by atoms with Crippen LogP contribution in [0.5, 0.6) is 0 Å². The van der Waals surface area contributed by atoms with E-state index in [1.807, 2.05) is 0 Å². The summed E-state index contributed by atoms with van der Waals surface area (Å²) < 4.78 is 0. The van der Waals surface area contributed by atoms with Crippen LogP contribution in [-0.2, 0) is 9.59 Å². The molecule has 4 aliphatic rings. The molecule has 4 atom stereocenters. The Labute approximate surface area is 136 Å². The van der Waals surface area contributed by atoms with E-state index in [-0.39, 0.29) is 35.5 Å². The summed E-state index contributed by atoms with van der Waals surface area (Å²) in [5, 5.41) is 0. The summed E-state index contributed by atoms with van der Waals surface area (Å²) in [6.07, 6.45) is 11.3. The maximum atomic E-state index is 12.5. The molecule has 3 unspecified atom stereocenters. The van der Waals surface area contributed by atoms with Crippen LogP contribution < -0.4 is 0 Å². The van der Waals surface area contributed by atoms with Gasteiger partial charge in [0, 0.05) is 6.54 Å². The van der Waals surface area contributed by atoms with Crippen molar-refractivity contribution in [3.63, 3.8) is 0 Å². The van der Waals surface area contributed by atoms with E-state index in [9.17, 15) is 9.59 Å². The maximum Gasteiger partial charge on any atom is 0.233 e. The highest BCUT2D eigenvalue weighted by Crippen LogP contribution is 2.52. The number of amides is 2. The Morgan fingerprint density at radius 1 is 1.04 bits per heavy atom. The predicted molar refractivity (Wildman–Crippen MR) is 86.0 cm³/mol. The Bertz CT molecular complexity index is 569. The van der Waals surface area contributed by atoms with Crippen molar-refractivity contribution in [1.29, 1.82) is 0 Å². The van der Waals surface area contributed by atoms with Crippen molar-refractivity contribution in [2.24, 2.45) is 33.7 Å². The van der Waals surface area contributed by atoms with Crippen LogP contribution in [0.1, 0.15) is 38.5 Å². The third-order valence-corrected chi connectivity index (χ3v) is 5.88. The highest BCUT2D eigenvalue weighted by molar-refractivity contribution is 6.06. The fourth-order valence-corrected chi connectivity index (χ4v) is 4.72. The average Bonchev–Trinajstić information content (AvgIpc) is 3.24. The van der Waals surface area contributed by atoms with Crippen LogP contribution in [-0.4, -0.2) is 41.9 Å². The molecule has 1 aliphatic heterocycles. The van der Waals surface area contributed by atoms with Gasteiger partial charge in [-0.25, -0.2) is 9.98 Å². The van der Waals surface area contributed by atoms with Gasteiger partial charge in [0.05, 0.1) is 30.4 Å². The molecule has 122 valence electrons. The van der Waals surface area contributed by atoms with Gasteiger partial charge in [-0.1, -0.05) is 31.4 Å². The zero-order valence-electron chi connectivity index (χ0n) is 13.4. The Morgan fingerprint density at radius 3 is 2.35 bits per heavy atom. The van der Waals surface area contributed by atoms with Crippen molar-refractivity contribution in [3.05, 3.63) is 12.2 Å². The van der Waals surface area contributed by atoms with E-state index in [4.69, 9.17) is 0 Å². The maximum absolute atomic E-state index is 12.5. The van der Waals surface area contributed by atoms with E-state index in [1.165, 1.54) is 24.2 Å². The zero-order valence-corrected chi connectivity index (χ0v) is 13.4. The molecule has 5 nitrogen and oxygen atoms in total. The number of aliphatic imine (C=N–C) groups is 2. The van der Waals surface area contributed by atoms with Gasteiger partial charge in [0.2, 0.25) is 11.8 Å². The first-order valence-electron chi connectivity index (χ1n) is 8.90. The van der Waals surface area contributed by atoms with Gasteiger partial charge in [0.15, 0.2) is 0 Å². The minimum absolute atomic E-state index is 0.0104. The smallest absolute Gasteiger partial charge is 0.233 e. The van der Waals surface area contributed by atoms with Gasteiger partial charge < -0.3 is 0 Å². The molecule has 5 heteroatoms. The molecule has 2 amide bonds. The van der Waals surface area contributed by atoms with Crippen molar-refractivity contribution in [2.45, 2.75) is 44.6 Å². The van der Waals surface area contributed by atoms with Gasteiger partial charge in [-0.2, -0.15) is 0 Å². The number of carbonyl (C=O) groups excluding carboxylic acids is 2. The zero-order chi connectivity index (χ0) is 15.8. The minimum Gasteiger partial charge on any atom is -0.280 e. The largest absolute Gasteiger partial charge is 0.280 e. The summed E-state index contributed by atoms with van der Waals surface area (Å²) in [7, 11) is 0. The number of hydrogen-bond donors (Lipinski definition) is 0. The molecule has 2 bridgehead atoms. The monoisotopic (exact) mass is 313 g/mol. The van der Waals surface area contributed by atoms with Crippen LogP contribution in [0, 0.1) is 23.7 Å². The van der Waals surface area contributed by atoms with Gasteiger partial charge in [-0.15, -0.1) is 0 Å². The lowest BCUT2D eigenvalue weighted by molar-refractivity contribution is -0.140. The molecule has 0 spiro atoms. The van der Waals surface area contributed by atoms with Gasteiger partial charge in [-0.3, -0.25) is 14.5 Å². The van der Waals surface area contributed by atoms with E-state index in [1.54, 1.807) is 0 Å². The van der Waals surface area contributed by atoms with E-state index in [0.29, 0.717) is 19.1 Å². The van der Waals surface area contributed by atoms with Crippen LogP contribution in [0.25, 0.3) is 0 Å². The summed E-state index contributed by atoms with van der Waals surface area (Å²) in [5.74, 6) is 0.382. The second-order valence-electron chi connectivity index (χ2n) is 7.23. The van der Waals surface area contributed by atoms with Crippen LogP contribution in [0.3, 0.4) is 0 Å². The molecule has 2 saturated carbocycles. The highest BCUT2D eigenvalue weighted by atomic mass is 16.2. The lowest BCUT2D eigenvalue weighted by atomic mass is 9.85. The molecular formula is C18H23N3O2. The van der Waals surface area contributed by atoms with Crippen molar-refractivity contribution in [1.82, 2.24) is 4.90 Å². The van der Waals surface area contributed by atoms with Gasteiger partial charge in [0.1, 0.15) is 0 Å². The first-order valence-corrected chi connectivity index (χ1v) is 8.90. The summed E-state index contributed by atoms with van der Waals surface area (Å²) in [6, 6.07) is 3.14. The SMILES string of the molecule is O=C1C2C3C=C[C@H](C3)C2C(=O)N1CCN=C=NC1CCCCC1. The predicted octanol–water partition coefficient (Wildman–Crippen LogP) is 2.30. The summed E-state index contributed by atoms with van der Waals surface area (Å²) in [6.45, 7) is 0.785. The number of hydrogen-bond acceptors (Lipinski definition) is 4. The van der Waals surface area contributed by atoms with Crippen molar-refractivity contribution >= 4 is 17.8 Å². The Kier molecular flexibility index (Phi) is 3.90. The van der Waals surface area contributed by atoms with E-state index < -0.39 is 0 Å².